The maximum atomic E-state index is 13.9. The van der Waals surface area contributed by atoms with E-state index in [1.807, 2.05) is 0 Å². The molecule has 0 radical (unpaired) electrons. The van der Waals surface area contributed by atoms with E-state index < -0.39 is 33.7 Å². The van der Waals surface area contributed by atoms with Crippen molar-refractivity contribution in [3.05, 3.63) is 70.5 Å². The molecule has 0 bridgehead atoms. The van der Waals surface area contributed by atoms with E-state index >= 15 is 0 Å². The van der Waals surface area contributed by atoms with Crippen LogP contribution in [0, 0.1) is 11.6 Å². The maximum Gasteiger partial charge on any atom is 0.327 e. The molecule has 1 heterocycles. The lowest BCUT2D eigenvalue weighted by atomic mass is 9.93. The summed E-state index contributed by atoms with van der Waals surface area (Å²) in [4.78, 5) is 11.8. The molecule has 1 atom stereocenters. The Morgan fingerprint density at radius 3 is 2.72 bits per heavy atom. The molecule has 0 fully saturated rings. The van der Waals surface area contributed by atoms with Gasteiger partial charge in [0.1, 0.15) is 18.1 Å². The third kappa shape index (κ3) is 5.23. The lowest BCUT2D eigenvalue weighted by Gasteiger charge is -2.31. The van der Waals surface area contributed by atoms with Crippen LogP contribution < -0.4 is 4.74 Å². The second-order valence-corrected chi connectivity index (χ2v) is 10.6. The van der Waals surface area contributed by atoms with E-state index in [2.05, 4.69) is 5.10 Å². The van der Waals surface area contributed by atoms with Crippen LogP contribution in [0.5, 0.6) is 11.5 Å². The average molecular weight is 540 g/mol. The van der Waals surface area contributed by atoms with Crippen molar-refractivity contribution in [1.29, 1.82) is 0 Å². The third-order valence-corrected chi connectivity index (χ3v) is 8.11. The summed E-state index contributed by atoms with van der Waals surface area (Å²) in [5.41, 5.74) is 1.52. The van der Waals surface area contributed by atoms with E-state index in [-0.39, 0.29) is 34.6 Å². The molecular formula is C24H24ClF2N3O5S. The van der Waals surface area contributed by atoms with Gasteiger partial charge in [0.25, 0.3) is 0 Å². The fraction of sp³-hybridized carbons (Fsp3) is 0.333. The molecule has 12 heteroatoms. The van der Waals surface area contributed by atoms with Gasteiger partial charge in [-0.3, -0.25) is 9.48 Å². The molecule has 1 unspecified atom stereocenters. The number of hydrogen-bond donors (Lipinski definition) is 0. The molecule has 3 aromatic rings. The number of benzene rings is 2. The normalized spacial score (nSPS) is 15.6. The van der Waals surface area contributed by atoms with E-state index in [1.165, 1.54) is 29.6 Å². The highest BCUT2D eigenvalue weighted by molar-refractivity contribution is 7.89. The van der Waals surface area contributed by atoms with Gasteiger partial charge in [-0.15, -0.1) is 0 Å². The predicted octanol–water partition coefficient (Wildman–Crippen LogP) is 4.87. The molecular weight excluding hydrogens is 516 g/mol. The second kappa shape index (κ2) is 10.5. The van der Waals surface area contributed by atoms with Crippen LogP contribution in [-0.4, -0.2) is 42.1 Å². The zero-order valence-corrected chi connectivity index (χ0v) is 21.2. The van der Waals surface area contributed by atoms with Crippen molar-refractivity contribution in [2.75, 3.05) is 13.7 Å². The molecule has 0 spiro atoms. The van der Waals surface area contributed by atoms with Gasteiger partial charge >= 0.3 is 5.97 Å². The van der Waals surface area contributed by atoms with Crippen molar-refractivity contribution in [3.8, 4) is 11.5 Å². The van der Waals surface area contributed by atoms with Crippen molar-refractivity contribution in [2.24, 2.45) is 0 Å². The van der Waals surface area contributed by atoms with E-state index in [1.54, 1.807) is 17.8 Å². The number of fused-ring (bicyclic) bond motifs is 1. The van der Waals surface area contributed by atoms with Gasteiger partial charge in [0.15, 0.2) is 11.6 Å². The molecule has 1 aromatic heterocycles. The van der Waals surface area contributed by atoms with Crippen LogP contribution in [-0.2, 0) is 32.5 Å². The standard InChI is InChI=1S/C24H24ClF2N3O5S/c1-3-34-24(31)14-30-21-6-4-5-20(17(21)13-28-30)29(2)36(32,33)16-8-10-22(18(25)12-16)35-23-11-15(26)7-9-19(23)27/h7-13,20H,3-6,14H2,1-2H3. The number of carbonyl (C=O) groups excluding carboxylic acids is 1. The lowest BCUT2D eigenvalue weighted by Crippen LogP contribution is -2.33. The molecule has 0 saturated heterocycles. The number of carbonyl (C=O) groups is 1. The number of hydrogen-bond acceptors (Lipinski definition) is 6. The number of rotatable bonds is 8. The van der Waals surface area contributed by atoms with Crippen molar-refractivity contribution >= 4 is 27.6 Å². The monoisotopic (exact) mass is 539 g/mol. The van der Waals surface area contributed by atoms with Crippen LogP contribution in [0.3, 0.4) is 0 Å². The Labute approximate surface area is 212 Å². The summed E-state index contributed by atoms with van der Waals surface area (Å²) in [5, 5.41) is 4.20. The van der Waals surface area contributed by atoms with Gasteiger partial charge in [0, 0.05) is 24.4 Å². The van der Waals surface area contributed by atoms with E-state index in [4.69, 9.17) is 21.1 Å². The highest BCUT2D eigenvalue weighted by Crippen LogP contribution is 2.38. The van der Waals surface area contributed by atoms with Gasteiger partial charge in [0.2, 0.25) is 10.0 Å². The SMILES string of the molecule is CCOC(=O)Cn1ncc2c1CCCC2N(C)S(=O)(=O)c1ccc(Oc2cc(F)ccc2F)c(Cl)c1. The van der Waals surface area contributed by atoms with Crippen LogP contribution in [0.25, 0.3) is 0 Å². The molecule has 36 heavy (non-hydrogen) atoms. The van der Waals surface area contributed by atoms with Crippen molar-refractivity contribution in [2.45, 2.75) is 43.7 Å². The first-order chi connectivity index (χ1) is 17.1. The lowest BCUT2D eigenvalue weighted by molar-refractivity contribution is -0.144. The van der Waals surface area contributed by atoms with Crippen LogP contribution in [0.4, 0.5) is 8.78 Å². The first kappa shape index (κ1) is 26.1. The second-order valence-electron chi connectivity index (χ2n) is 8.21. The van der Waals surface area contributed by atoms with Crippen molar-refractivity contribution in [1.82, 2.24) is 14.1 Å². The van der Waals surface area contributed by atoms with E-state index in [0.717, 1.165) is 29.5 Å². The van der Waals surface area contributed by atoms with Crippen molar-refractivity contribution in [3.63, 3.8) is 0 Å². The molecule has 192 valence electrons. The smallest absolute Gasteiger partial charge is 0.327 e. The molecule has 2 aromatic carbocycles. The zero-order chi connectivity index (χ0) is 26.0. The van der Waals surface area contributed by atoms with Crippen molar-refractivity contribution < 1.29 is 31.5 Å². The Hall–Kier alpha value is -3.02. The summed E-state index contributed by atoms with van der Waals surface area (Å²) in [6, 6.07) is 6.02. The summed E-state index contributed by atoms with van der Waals surface area (Å²) in [7, 11) is -2.53. The number of ether oxygens (including phenoxy) is 2. The third-order valence-electron chi connectivity index (χ3n) is 5.95. The molecule has 1 aliphatic rings. The van der Waals surface area contributed by atoms with Gasteiger partial charge < -0.3 is 9.47 Å². The highest BCUT2D eigenvalue weighted by Gasteiger charge is 2.34. The maximum absolute atomic E-state index is 13.9. The largest absolute Gasteiger partial charge is 0.465 e. The fourth-order valence-electron chi connectivity index (χ4n) is 4.17. The van der Waals surface area contributed by atoms with Crippen LogP contribution in [0.15, 0.2) is 47.5 Å². The first-order valence-electron chi connectivity index (χ1n) is 11.2. The van der Waals surface area contributed by atoms with E-state index in [0.29, 0.717) is 19.3 Å². The quantitative estimate of drug-likeness (QED) is 0.379. The summed E-state index contributed by atoms with van der Waals surface area (Å²) in [6.07, 6.45) is 3.52. The minimum absolute atomic E-state index is 0.0250. The molecule has 0 saturated carbocycles. The minimum Gasteiger partial charge on any atom is -0.465 e. The summed E-state index contributed by atoms with van der Waals surface area (Å²) >= 11 is 6.25. The molecule has 8 nitrogen and oxygen atoms in total. The first-order valence-corrected chi connectivity index (χ1v) is 13.0. The number of esters is 1. The highest BCUT2D eigenvalue weighted by atomic mass is 35.5. The summed E-state index contributed by atoms with van der Waals surface area (Å²) < 4.78 is 67.4. The van der Waals surface area contributed by atoms with Gasteiger partial charge in [-0.25, -0.2) is 17.2 Å². The molecule has 0 N–H and O–H groups in total. The van der Waals surface area contributed by atoms with Crippen LogP contribution in [0.1, 0.15) is 37.1 Å². The number of halogens is 3. The predicted molar refractivity (Wildman–Crippen MR) is 127 cm³/mol. The zero-order valence-electron chi connectivity index (χ0n) is 19.6. The Kier molecular flexibility index (Phi) is 7.62. The minimum atomic E-state index is -4.00. The Bertz CT molecular complexity index is 1400. The number of nitrogens with zero attached hydrogens (tertiary/aromatic N) is 3. The Morgan fingerprint density at radius 2 is 2.00 bits per heavy atom. The molecule has 1 aliphatic carbocycles. The Morgan fingerprint density at radius 1 is 1.22 bits per heavy atom. The van der Waals surface area contributed by atoms with Gasteiger partial charge in [-0.2, -0.15) is 9.40 Å². The van der Waals surface area contributed by atoms with E-state index in [9.17, 15) is 22.0 Å². The fourth-order valence-corrected chi connectivity index (χ4v) is 5.85. The molecule has 0 aliphatic heterocycles. The Balaban J connectivity index is 1.57. The topological polar surface area (TPSA) is 90.7 Å². The molecule has 4 rings (SSSR count). The number of aromatic nitrogens is 2. The van der Waals surface area contributed by atoms with Gasteiger partial charge in [-0.05, 0) is 56.5 Å². The average Bonchev–Trinajstić information content (AvgIpc) is 3.25. The van der Waals surface area contributed by atoms with Gasteiger partial charge in [0.05, 0.1) is 28.8 Å². The number of sulfonamides is 1. The molecule has 0 amide bonds. The van der Waals surface area contributed by atoms with Crippen LogP contribution in [0.2, 0.25) is 5.02 Å². The summed E-state index contributed by atoms with van der Waals surface area (Å²) in [5.74, 6) is -2.30. The van der Waals surface area contributed by atoms with Gasteiger partial charge in [-0.1, -0.05) is 11.6 Å². The summed E-state index contributed by atoms with van der Waals surface area (Å²) in [6.45, 7) is 1.93. The van der Waals surface area contributed by atoms with Crippen LogP contribution >= 0.6 is 11.6 Å².